The highest BCUT2D eigenvalue weighted by molar-refractivity contribution is 5.85. The van der Waals surface area contributed by atoms with E-state index >= 15 is 0 Å². The van der Waals surface area contributed by atoms with Gasteiger partial charge in [-0.3, -0.25) is 0 Å². The number of halogens is 1. The molecule has 25 heavy (non-hydrogen) atoms. The minimum absolute atomic E-state index is 0. The van der Waals surface area contributed by atoms with E-state index in [2.05, 4.69) is 5.32 Å². The van der Waals surface area contributed by atoms with Crippen molar-refractivity contribution in [2.45, 2.75) is 13.1 Å². The molecule has 2 aromatic rings. The first-order chi connectivity index (χ1) is 11.7. The van der Waals surface area contributed by atoms with Crippen LogP contribution in [0.25, 0.3) is 0 Å². The summed E-state index contributed by atoms with van der Waals surface area (Å²) < 4.78 is 26.8. The Morgan fingerprint density at radius 1 is 0.840 bits per heavy atom. The van der Waals surface area contributed by atoms with Crippen molar-refractivity contribution in [3.8, 4) is 28.7 Å². The molecule has 0 amide bonds. The fourth-order valence-corrected chi connectivity index (χ4v) is 2.62. The second-order valence-corrected chi connectivity index (χ2v) is 5.31. The maximum Gasteiger partial charge on any atom is 0.231 e. The topological polar surface area (TPSA) is 58.2 Å². The van der Waals surface area contributed by atoms with Crippen LogP contribution in [0.2, 0.25) is 0 Å². The van der Waals surface area contributed by atoms with Gasteiger partial charge in [0.05, 0.1) is 21.3 Å². The van der Waals surface area contributed by atoms with Gasteiger partial charge in [0.25, 0.3) is 0 Å². The van der Waals surface area contributed by atoms with Gasteiger partial charge in [0.1, 0.15) is 5.75 Å². The van der Waals surface area contributed by atoms with Crippen LogP contribution < -0.4 is 29.0 Å². The molecule has 2 aromatic carbocycles. The van der Waals surface area contributed by atoms with Crippen molar-refractivity contribution in [1.29, 1.82) is 0 Å². The van der Waals surface area contributed by atoms with E-state index in [1.807, 2.05) is 30.3 Å². The molecule has 0 saturated heterocycles. The summed E-state index contributed by atoms with van der Waals surface area (Å²) in [6.45, 7) is 1.63. The molecule has 0 aromatic heterocycles. The standard InChI is InChI=1S/C18H21NO5.ClH/c1-20-15-8-17(22-3)16(21-2)7-13(15)10-19-9-12-4-5-14-18(6-12)24-11-23-14;/h4-8,19H,9-11H2,1-3H3;1H. The molecule has 6 nitrogen and oxygen atoms in total. The minimum atomic E-state index is 0. The molecule has 7 heteroatoms. The molecule has 3 rings (SSSR count). The van der Waals surface area contributed by atoms with E-state index in [1.54, 1.807) is 21.3 Å². The largest absolute Gasteiger partial charge is 0.496 e. The maximum atomic E-state index is 5.44. The fraction of sp³-hybridized carbons (Fsp3) is 0.333. The molecule has 0 fully saturated rings. The third kappa shape index (κ3) is 4.21. The average Bonchev–Trinajstić information content (AvgIpc) is 3.09. The van der Waals surface area contributed by atoms with Gasteiger partial charge in [-0.25, -0.2) is 0 Å². The fourth-order valence-electron chi connectivity index (χ4n) is 2.62. The quantitative estimate of drug-likeness (QED) is 0.811. The van der Waals surface area contributed by atoms with Crippen molar-refractivity contribution in [2.75, 3.05) is 28.1 Å². The summed E-state index contributed by atoms with van der Waals surface area (Å²) in [7, 11) is 4.87. The lowest BCUT2D eigenvalue weighted by Gasteiger charge is -2.14. The first kappa shape index (κ1) is 19.0. The number of fused-ring (bicyclic) bond motifs is 1. The second kappa shape index (κ2) is 8.69. The van der Waals surface area contributed by atoms with E-state index in [0.29, 0.717) is 24.6 Å². The molecule has 0 spiro atoms. The zero-order valence-electron chi connectivity index (χ0n) is 14.5. The number of benzene rings is 2. The molecule has 136 valence electrons. The molecular weight excluding hydrogens is 346 g/mol. The van der Waals surface area contributed by atoms with Crippen LogP contribution in [0.1, 0.15) is 11.1 Å². The Labute approximate surface area is 153 Å². The first-order valence-corrected chi connectivity index (χ1v) is 7.63. The van der Waals surface area contributed by atoms with Gasteiger partial charge >= 0.3 is 0 Å². The molecule has 1 heterocycles. The van der Waals surface area contributed by atoms with Crippen LogP contribution in [0.3, 0.4) is 0 Å². The molecule has 1 N–H and O–H groups in total. The van der Waals surface area contributed by atoms with E-state index < -0.39 is 0 Å². The van der Waals surface area contributed by atoms with Crippen molar-refractivity contribution >= 4 is 12.4 Å². The van der Waals surface area contributed by atoms with E-state index in [4.69, 9.17) is 23.7 Å². The second-order valence-electron chi connectivity index (χ2n) is 5.31. The zero-order chi connectivity index (χ0) is 16.9. The summed E-state index contributed by atoms with van der Waals surface area (Å²) in [5.74, 6) is 3.66. The number of ether oxygens (including phenoxy) is 5. The van der Waals surface area contributed by atoms with Crippen molar-refractivity contribution in [3.63, 3.8) is 0 Å². The SMILES string of the molecule is COc1cc(OC)c(OC)cc1CNCc1ccc2c(c1)OCO2.Cl. The molecule has 1 aliphatic heterocycles. The number of nitrogens with one attached hydrogen (secondary N) is 1. The predicted molar refractivity (Wildman–Crippen MR) is 96.5 cm³/mol. The van der Waals surface area contributed by atoms with Gasteiger partial charge in [0.15, 0.2) is 23.0 Å². The van der Waals surface area contributed by atoms with E-state index in [-0.39, 0.29) is 19.2 Å². The highest BCUT2D eigenvalue weighted by Crippen LogP contribution is 2.35. The third-order valence-corrected chi connectivity index (χ3v) is 3.87. The summed E-state index contributed by atoms with van der Waals surface area (Å²) >= 11 is 0. The smallest absolute Gasteiger partial charge is 0.231 e. The van der Waals surface area contributed by atoms with E-state index in [1.165, 1.54) is 0 Å². The van der Waals surface area contributed by atoms with Gasteiger partial charge in [0, 0.05) is 24.7 Å². The lowest BCUT2D eigenvalue weighted by atomic mass is 10.1. The van der Waals surface area contributed by atoms with Crippen LogP contribution in [-0.2, 0) is 13.1 Å². The summed E-state index contributed by atoms with van der Waals surface area (Å²) in [5.41, 5.74) is 2.12. The molecule has 0 aliphatic carbocycles. The van der Waals surface area contributed by atoms with Gasteiger partial charge < -0.3 is 29.0 Å². The number of methoxy groups -OCH3 is 3. The molecule has 1 aliphatic rings. The number of hydrogen-bond donors (Lipinski definition) is 1. The van der Waals surface area contributed by atoms with Crippen LogP contribution in [-0.4, -0.2) is 28.1 Å². The summed E-state index contributed by atoms with van der Waals surface area (Å²) in [4.78, 5) is 0. The van der Waals surface area contributed by atoms with Crippen LogP contribution in [0.15, 0.2) is 30.3 Å². The molecule has 0 saturated carbocycles. The lowest BCUT2D eigenvalue weighted by molar-refractivity contribution is 0.174. The van der Waals surface area contributed by atoms with Crippen molar-refractivity contribution in [3.05, 3.63) is 41.5 Å². The van der Waals surface area contributed by atoms with Gasteiger partial charge in [-0.05, 0) is 23.8 Å². The molecule has 0 radical (unpaired) electrons. The average molecular weight is 368 g/mol. The molecule has 0 unspecified atom stereocenters. The Hall–Kier alpha value is -2.31. The Kier molecular flexibility index (Phi) is 6.61. The Morgan fingerprint density at radius 3 is 2.24 bits per heavy atom. The normalized spacial score (nSPS) is 11.6. The zero-order valence-corrected chi connectivity index (χ0v) is 15.3. The van der Waals surface area contributed by atoms with E-state index in [0.717, 1.165) is 28.4 Å². The number of hydrogen-bond acceptors (Lipinski definition) is 6. The summed E-state index contributed by atoms with van der Waals surface area (Å²) in [6.07, 6.45) is 0. The molecular formula is C18H22ClNO5. The van der Waals surface area contributed by atoms with Crippen molar-refractivity contribution < 1.29 is 23.7 Å². The van der Waals surface area contributed by atoms with Crippen molar-refractivity contribution in [2.24, 2.45) is 0 Å². The third-order valence-electron chi connectivity index (χ3n) is 3.87. The summed E-state index contributed by atoms with van der Waals surface area (Å²) in [6, 6.07) is 9.69. The minimum Gasteiger partial charge on any atom is -0.496 e. The number of rotatable bonds is 7. The van der Waals surface area contributed by atoms with Crippen molar-refractivity contribution in [1.82, 2.24) is 5.32 Å². The predicted octanol–water partition coefficient (Wildman–Crippen LogP) is 3.15. The molecule has 0 bridgehead atoms. The lowest BCUT2D eigenvalue weighted by Crippen LogP contribution is -2.13. The first-order valence-electron chi connectivity index (χ1n) is 7.63. The Bertz CT molecular complexity index is 723. The Morgan fingerprint density at radius 2 is 1.52 bits per heavy atom. The highest BCUT2D eigenvalue weighted by Gasteiger charge is 2.14. The van der Waals surface area contributed by atoms with Gasteiger partial charge in [-0.15, -0.1) is 12.4 Å². The van der Waals surface area contributed by atoms with Crippen LogP contribution in [0.4, 0.5) is 0 Å². The summed E-state index contributed by atoms with van der Waals surface area (Å²) in [5, 5.41) is 3.40. The van der Waals surface area contributed by atoms with Crippen LogP contribution >= 0.6 is 12.4 Å². The highest BCUT2D eigenvalue weighted by atomic mass is 35.5. The van der Waals surface area contributed by atoms with Gasteiger partial charge in [-0.1, -0.05) is 6.07 Å². The van der Waals surface area contributed by atoms with Gasteiger partial charge in [0.2, 0.25) is 6.79 Å². The van der Waals surface area contributed by atoms with Gasteiger partial charge in [-0.2, -0.15) is 0 Å². The monoisotopic (exact) mass is 367 g/mol. The maximum absolute atomic E-state index is 5.44. The molecule has 0 atom stereocenters. The van der Waals surface area contributed by atoms with Crippen LogP contribution in [0, 0.1) is 0 Å². The van der Waals surface area contributed by atoms with Crippen LogP contribution in [0.5, 0.6) is 28.7 Å². The van der Waals surface area contributed by atoms with E-state index in [9.17, 15) is 0 Å². The Balaban J connectivity index is 0.00000225.